The van der Waals surface area contributed by atoms with E-state index in [0.717, 1.165) is 0 Å². The minimum atomic E-state index is -4.45. The van der Waals surface area contributed by atoms with Crippen LogP contribution in [0.2, 0.25) is 0 Å². The summed E-state index contributed by atoms with van der Waals surface area (Å²) in [5, 5.41) is 11.2. The van der Waals surface area contributed by atoms with E-state index in [2.05, 4.69) is 0 Å². The molecule has 1 amide bonds. The van der Waals surface area contributed by atoms with Gasteiger partial charge in [-0.05, 0) is 13.8 Å². The molecule has 1 atom stereocenters. The molecule has 300 valence electrons. The Morgan fingerprint density at radius 2 is 0.683 bits per heavy atom. The highest BCUT2D eigenvalue weighted by atomic mass is 35.5. The van der Waals surface area contributed by atoms with Gasteiger partial charge in [0.25, 0.3) is 0 Å². The lowest BCUT2D eigenvalue weighted by atomic mass is 9.98. The predicted molar refractivity (Wildman–Crippen MR) is 239 cm³/mol. The number of rotatable bonds is 4. The highest BCUT2D eigenvalue weighted by molar-refractivity contribution is 5.88. The van der Waals surface area contributed by atoms with E-state index in [4.69, 9.17) is 5.73 Å². The average Bonchev–Trinajstić information content (AvgIpc) is 1.79. The van der Waals surface area contributed by atoms with E-state index in [1.807, 2.05) is 5.32 Å². The fourth-order valence-corrected chi connectivity index (χ4v) is 0.916. The molecule has 0 radical (unpaired) electrons. The molecule has 41 heavy (non-hydrogen) atoms. The van der Waals surface area contributed by atoms with Gasteiger partial charge < -0.3 is 10.8 Å². The van der Waals surface area contributed by atoms with Crippen molar-refractivity contribution in [3.05, 3.63) is 0 Å². The number of alkyl halides is 3. The molecule has 0 heterocycles. The lowest BCUT2D eigenvalue weighted by Crippen LogP contribution is -2.56. The maximum Gasteiger partial charge on any atom is 0.401 e. The Morgan fingerprint density at radius 3 is 0.756 bits per heavy atom. The zero-order chi connectivity index (χ0) is 11.6. The molecule has 0 saturated carbocycles. The standard InChI is InChI=1S/C7H13F3N2O2.27ClH/c1-6(2,14)4(5(11)13)12-3-7(8,9)10;;;;;;;;;;;;;;;;;;;;;;;;;;;/h4,12,14H,3H2,1-2H3,(H2,11,13);27*1H/t4-;;;;;;;;;;;;;;;;;;;;;;;;;;;/m0.........................../s1. The molecule has 0 aromatic carbocycles. The number of primary amides is 1. The number of carbonyl (C=O) groups is 1. The molecule has 4 nitrogen and oxygen atoms in total. The molecule has 0 saturated heterocycles. The molecule has 0 bridgehead atoms. The second-order valence-corrected chi connectivity index (χ2v) is 3.49. The molecule has 0 rings (SSSR count). The average molecular weight is 1200 g/mol. The predicted octanol–water partition coefficient (Wildman–Crippen LogP) is 11.2. The fraction of sp³-hybridized carbons (Fsp3) is 0.857. The first-order valence-electron chi connectivity index (χ1n) is 3.86. The lowest BCUT2D eigenvalue weighted by molar-refractivity contribution is -0.137. The Labute approximate surface area is 407 Å². The Bertz CT molecular complexity index is 248. The molecule has 34 heteroatoms. The van der Waals surface area contributed by atoms with Crippen molar-refractivity contribution >= 4 is 341 Å². The highest BCUT2D eigenvalue weighted by Gasteiger charge is 2.35. The molecular formula is C7H40Cl27F3N2O2. The third kappa shape index (κ3) is 180. The number of aliphatic hydroxyl groups is 1. The molecular weight excluding hydrogens is 1160 g/mol. The Hall–Kier alpha value is 7.01. The Morgan fingerprint density at radius 1 is 0.537 bits per heavy atom. The molecule has 0 spiro atoms. The number of nitrogens with one attached hydrogen (secondary N) is 1. The van der Waals surface area contributed by atoms with Gasteiger partial charge in [0.15, 0.2) is 0 Å². The number of hydrogen-bond acceptors (Lipinski definition) is 3. The van der Waals surface area contributed by atoms with Gasteiger partial charge in [0.2, 0.25) is 5.91 Å². The van der Waals surface area contributed by atoms with Crippen LogP contribution >= 0.6 is 335 Å². The van der Waals surface area contributed by atoms with Gasteiger partial charge in [0.05, 0.1) is 12.1 Å². The van der Waals surface area contributed by atoms with Crippen LogP contribution in [0.25, 0.3) is 0 Å². The monoisotopic (exact) mass is 1190 g/mol. The van der Waals surface area contributed by atoms with Gasteiger partial charge in [-0.2, -0.15) is 13.2 Å². The van der Waals surface area contributed by atoms with Crippen LogP contribution in [0, 0.1) is 0 Å². The van der Waals surface area contributed by atoms with E-state index in [1.165, 1.54) is 13.8 Å². The summed E-state index contributed by atoms with van der Waals surface area (Å²) < 4.78 is 35.3. The van der Waals surface area contributed by atoms with Gasteiger partial charge in [-0.1, -0.05) is 0 Å². The molecule has 4 N–H and O–H groups in total. The van der Waals surface area contributed by atoms with E-state index in [1.54, 1.807) is 0 Å². The van der Waals surface area contributed by atoms with Gasteiger partial charge in [-0.15, -0.1) is 335 Å². The SMILES string of the molecule is CC(C)(O)[C@@H](NCC(F)(F)F)C(N)=O.Cl.Cl.Cl.Cl.Cl.Cl.Cl.Cl.Cl.Cl.Cl.Cl.Cl.Cl.Cl.Cl.Cl.Cl.Cl.Cl.Cl.Cl.Cl.Cl.Cl.Cl.Cl. The topological polar surface area (TPSA) is 75.3 Å². The van der Waals surface area contributed by atoms with Crippen molar-refractivity contribution in [1.29, 1.82) is 0 Å². The van der Waals surface area contributed by atoms with E-state index in [0.29, 0.717) is 0 Å². The number of carbonyl (C=O) groups excluding carboxylic acids is 1. The van der Waals surface area contributed by atoms with Gasteiger partial charge >= 0.3 is 6.18 Å². The summed E-state index contributed by atoms with van der Waals surface area (Å²) in [7, 11) is 0. The van der Waals surface area contributed by atoms with Gasteiger partial charge in [0.1, 0.15) is 6.04 Å². The normalized spacial score (nSPS) is 5.22. The molecule has 0 aliphatic carbocycles. The summed E-state index contributed by atoms with van der Waals surface area (Å²) >= 11 is 0. The van der Waals surface area contributed by atoms with Crippen LogP contribution in [0.3, 0.4) is 0 Å². The fourth-order valence-electron chi connectivity index (χ4n) is 0.916. The quantitative estimate of drug-likeness (QED) is 0.263. The Balaban J connectivity index is -0.00000000241. The number of halogens is 30. The number of amides is 1. The summed E-state index contributed by atoms with van der Waals surface area (Å²) in [6.07, 6.45) is -4.45. The van der Waals surface area contributed by atoms with Crippen molar-refractivity contribution in [2.75, 3.05) is 6.54 Å². The molecule has 0 unspecified atom stereocenters. The highest BCUT2D eigenvalue weighted by Crippen LogP contribution is 2.15. The van der Waals surface area contributed by atoms with Crippen molar-refractivity contribution in [1.82, 2.24) is 5.32 Å². The largest absolute Gasteiger partial charge is 0.401 e. The van der Waals surface area contributed by atoms with Gasteiger partial charge in [0, 0.05) is 0 Å². The van der Waals surface area contributed by atoms with Crippen molar-refractivity contribution in [2.45, 2.75) is 31.7 Å². The zero-order valence-corrected chi connectivity index (χ0v) is 40.9. The van der Waals surface area contributed by atoms with Crippen LogP contribution in [0.4, 0.5) is 13.2 Å². The molecule has 0 aliphatic heterocycles. The summed E-state index contributed by atoms with van der Waals surface area (Å²) in [6, 6.07) is -1.43. The number of nitrogens with two attached hydrogens (primary N) is 1. The number of hydrogen-bond donors (Lipinski definition) is 3. The maximum atomic E-state index is 11.8. The van der Waals surface area contributed by atoms with Crippen LogP contribution in [0.1, 0.15) is 13.8 Å². The van der Waals surface area contributed by atoms with Crippen LogP contribution in [-0.4, -0.2) is 35.4 Å². The van der Waals surface area contributed by atoms with Crippen LogP contribution in [0.15, 0.2) is 0 Å². The summed E-state index contributed by atoms with van der Waals surface area (Å²) in [4.78, 5) is 10.7. The van der Waals surface area contributed by atoms with Gasteiger partial charge in [-0.25, -0.2) is 0 Å². The van der Waals surface area contributed by atoms with Crippen LogP contribution < -0.4 is 11.1 Å². The van der Waals surface area contributed by atoms with Crippen molar-refractivity contribution in [3.63, 3.8) is 0 Å². The van der Waals surface area contributed by atoms with E-state index < -0.39 is 30.3 Å². The maximum absolute atomic E-state index is 11.8. The van der Waals surface area contributed by atoms with E-state index in [9.17, 15) is 23.1 Å². The minimum Gasteiger partial charge on any atom is -0.388 e. The van der Waals surface area contributed by atoms with E-state index >= 15 is 0 Å². The summed E-state index contributed by atoms with van der Waals surface area (Å²) in [5.41, 5.74) is 3.20. The van der Waals surface area contributed by atoms with E-state index in [-0.39, 0.29) is 335 Å². The van der Waals surface area contributed by atoms with Gasteiger partial charge in [-0.3, -0.25) is 10.1 Å². The van der Waals surface area contributed by atoms with Crippen LogP contribution in [-0.2, 0) is 4.79 Å². The first-order chi connectivity index (χ1) is 6.04. The zero-order valence-electron chi connectivity index (χ0n) is 18.9. The molecule has 0 fully saturated rings. The summed E-state index contributed by atoms with van der Waals surface area (Å²) in [5.74, 6) is -1.03. The Kier molecular flexibility index (Phi) is 882. The lowest BCUT2D eigenvalue weighted by Gasteiger charge is -2.27. The first-order valence-corrected chi connectivity index (χ1v) is 3.86. The molecule has 0 aromatic rings. The van der Waals surface area contributed by atoms with Crippen LogP contribution in [0.5, 0.6) is 0 Å². The third-order valence-electron chi connectivity index (χ3n) is 1.50. The van der Waals surface area contributed by atoms with Crippen molar-refractivity contribution < 1.29 is 23.1 Å². The second-order valence-electron chi connectivity index (χ2n) is 3.49. The van der Waals surface area contributed by atoms with Crippen molar-refractivity contribution in [3.8, 4) is 0 Å². The smallest absolute Gasteiger partial charge is 0.388 e. The van der Waals surface area contributed by atoms with Crippen molar-refractivity contribution in [2.24, 2.45) is 5.73 Å². The third-order valence-corrected chi connectivity index (χ3v) is 1.50. The summed E-state index contributed by atoms with van der Waals surface area (Å²) in [6.45, 7) is 1.03. The second kappa shape index (κ2) is 136. The molecule has 0 aliphatic rings. The first kappa shape index (κ1) is 265. The molecule has 0 aromatic heterocycles. The minimum absolute atomic E-state index is 0.